The van der Waals surface area contributed by atoms with E-state index in [1.165, 1.54) is 19.6 Å². The van der Waals surface area contributed by atoms with Crippen LogP contribution in [0.1, 0.15) is 0 Å². The van der Waals surface area contributed by atoms with Gasteiger partial charge in [-0.25, -0.2) is 0 Å². The molecule has 16 heavy (non-hydrogen) atoms. The molecule has 0 saturated carbocycles. The largest absolute Gasteiger partial charge is 1.00 e. The predicted octanol–water partition coefficient (Wildman–Crippen LogP) is -7.23. The van der Waals surface area contributed by atoms with Crippen LogP contribution in [0.4, 0.5) is 0 Å². The molecular weight excluding hydrogens is 498 g/mol. The molecule has 0 saturated heterocycles. The number of nitrogens with one attached hydrogen (secondary N) is 3. The van der Waals surface area contributed by atoms with Gasteiger partial charge in [-0.05, 0) is 19.6 Å². The Morgan fingerprint density at radius 3 is 0.625 bits per heavy atom. The van der Waals surface area contributed by atoms with Crippen LogP contribution in [0, 0.1) is 0 Å². The Labute approximate surface area is 134 Å². The van der Waals surface area contributed by atoms with E-state index in [1.807, 2.05) is 0 Å². The molecule has 3 N–H and O–H groups in total. The van der Waals surface area contributed by atoms with Crippen LogP contribution in [-0.2, 0) is 35.8 Å². The first kappa shape index (κ1) is 43.5. The van der Waals surface area contributed by atoms with Gasteiger partial charge in [-0.15, -0.1) is 0 Å². The summed E-state index contributed by atoms with van der Waals surface area (Å²) in [6.07, 6.45) is 0. The van der Waals surface area contributed by atoms with Crippen LogP contribution < -0.4 is 37.2 Å². The van der Waals surface area contributed by atoms with E-state index in [0.29, 0.717) is 0 Å². The topological polar surface area (TPSA) is 123 Å². The molecule has 1 radical (unpaired) electrons. The summed E-state index contributed by atoms with van der Waals surface area (Å²) in [5, 5.41) is 18.4. The van der Waals surface area contributed by atoms with Crippen molar-refractivity contribution in [2.45, 2.75) is 19.6 Å². The number of hydrogen-bond donors (Lipinski definition) is 0. The molecule has 0 amide bonds. The van der Waals surface area contributed by atoms with Crippen molar-refractivity contribution >= 4 is 26.5 Å². The first-order valence-electron chi connectivity index (χ1n) is 2.86. The van der Waals surface area contributed by atoms with Gasteiger partial charge >= 0.3 is 0 Å². The average Bonchev–Trinajstić information content (AvgIpc) is 1.54. The summed E-state index contributed by atoms with van der Waals surface area (Å²) in [6, 6.07) is 0. The van der Waals surface area contributed by atoms with Crippen LogP contribution >= 0.6 is 0 Å². The smallest absolute Gasteiger partial charge is 0.174 e. The van der Waals surface area contributed by atoms with Gasteiger partial charge in [0, 0.05) is 22.4 Å². The maximum atomic E-state index is 9.30. The summed E-state index contributed by atoms with van der Waals surface area (Å²) >= 11 is 0. The standard InChI is InChI=1S/3CH4NOSi.3ClH.Ta/c3*1-4(2)3;;;;/h3*2H,1H3;3*1H;/q3*-1;;;;/p-3. The molecule has 0 aromatic carbocycles. The van der Waals surface area contributed by atoms with Crippen molar-refractivity contribution in [1.29, 1.82) is 0 Å². The summed E-state index contributed by atoms with van der Waals surface area (Å²) in [5.41, 5.74) is 0. The molecule has 101 valence electrons. The summed E-state index contributed by atoms with van der Waals surface area (Å²) < 4.78 is 27.9. The summed E-state index contributed by atoms with van der Waals surface area (Å²) in [7, 11) is -5.64. The van der Waals surface area contributed by atoms with E-state index in [4.69, 9.17) is 16.2 Å². The van der Waals surface area contributed by atoms with Crippen molar-refractivity contribution in [2.24, 2.45) is 0 Å². The number of halogens is 3. The summed E-state index contributed by atoms with van der Waals surface area (Å²) in [4.78, 5) is 0. The summed E-state index contributed by atoms with van der Waals surface area (Å²) in [5.74, 6) is 0. The first-order chi connectivity index (χ1) is 5.20. The minimum atomic E-state index is -1.88. The molecule has 0 aromatic rings. The zero-order chi connectivity index (χ0) is 10.7. The average molecular weight is 510 g/mol. The van der Waals surface area contributed by atoms with Crippen molar-refractivity contribution in [3.05, 3.63) is 16.2 Å². The quantitative estimate of drug-likeness (QED) is 0.302. The molecule has 13 heteroatoms. The first-order valence-corrected chi connectivity index (χ1v) is 8.59. The third kappa shape index (κ3) is 2650. The van der Waals surface area contributed by atoms with Crippen LogP contribution in [-0.4, -0.2) is 26.5 Å². The molecule has 0 heterocycles. The van der Waals surface area contributed by atoms with Crippen LogP contribution in [0.5, 0.6) is 0 Å². The van der Waals surface area contributed by atoms with Gasteiger partial charge in [0.15, 0.2) is 26.5 Å². The fraction of sp³-hybridized carbons (Fsp3) is 1.00. The number of rotatable bonds is 0. The maximum Gasteiger partial charge on any atom is 0.174 e. The molecule has 6 nitrogen and oxygen atoms in total. The van der Waals surface area contributed by atoms with Crippen molar-refractivity contribution in [2.75, 3.05) is 0 Å². The Bertz CT molecular complexity index is 138. The van der Waals surface area contributed by atoms with E-state index in [1.54, 1.807) is 0 Å². The van der Waals surface area contributed by atoms with Gasteiger partial charge in [0.2, 0.25) is 0 Å². The Hall–Kier alpha value is 1.06. The van der Waals surface area contributed by atoms with Gasteiger partial charge < -0.3 is 66.8 Å². The zero-order valence-electron chi connectivity index (χ0n) is 8.81. The number of hydrogen-bond acceptors (Lipinski definition) is 3. The third-order valence-electron chi connectivity index (χ3n) is 0. The molecule has 0 bridgehead atoms. The molecule has 0 aliphatic rings. The molecule has 0 unspecified atom stereocenters. The minimum Gasteiger partial charge on any atom is -1.00 e. The van der Waals surface area contributed by atoms with Gasteiger partial charge in [0.25, 0.3) is 0 Å². The van der Waals surface area contributed by atoms with E-state index in [0.717, 1.165) is 0 Å². The van der Waals surface area contributed by atoms with Crippen LogP contribution in [0.3, 0.4) is 0 Å². The Morgan fingerprint density at radius 1 is 0.625 bits per heavy atom. The van der Waals surface area contributed by atoms with E-state index >= 15 is 0 Å². The second-order valence-corrected chi connectivity index (χ2v) is 5.01. The van der Waals surface area contributed by atoms with Crippen molar-refractivity contribution < 1.29 is 73.0 Å². The second kappa shape index (κ2) is 36.0. The Balaban J connectivity index is -0.0000000135. The maximum absolute atomic E-state index is 9.30. The van der Waals surface area contributed by atoms with E-state index in [2.05, 4.69) is 0 Å². The molecular formula is C3H12Cl3N3O3Si3Ta-6. The molecule has 0 aliphatic heterocycles. The van der Waals surface area contributed by atoms with Crippen molar-refractivity contribution in [3.8, 4) is 0 Å². The molecule has 0 rings (SSSR count). The van der Waals surface area contributed by atoms with Gasteiger partial charge in [0.05, 0.1) is 0 Å². The Morgan fingerprint density at radius 2 is 0.625 bits per heavy atom. The van der Waals surface area contributed by atoms with Crippen LogP contribution in [0.2, 0.25) is 19.6 Å². The van der Waals surface area contributed by atoms with Crippen LogP contribution in [0.15, 0.2) is 0 Å². The van der Waals surface area contributed by atoms with E-state index in [-0.39, 0.29) is 59.6 Å². The van der Waals surface area contributed by atoms with E-state index in [9.17, 15) is 13.4 Å². The molecule has 0 fully saturated rings. The SMILES string of the molecule is C[Si]([NH-])=O.C[Si]([NH-])=O.C[Si]([NH-])=O.[Cl-].[Cl-].[Cl-].[Ta]. The predicted molar refractivity (Wildman–Crippen MR) is 49.9 cm³/mol. The van der Waals surface area contributed by atoms with Crippen molar-refractivity contribution in [1.82, 2.24) is 0 Å². The van der Waals surface area contributed by atoms with Crippen molar-refractivity contribution in [3.63, 3.8) is 0 Å². The second-order valence-electron chi connectivity index (χ2n) is 1.67. The monoisotopic (exact) mass is 508 g/mol. The normalized spacial score (nSPS) is 4.69. The molecule has 0 atom stereocenters. The van der Waals surface area contributed by atoms with Gasteiger partial charge in [-0.2, -0.15) is 0 Å². The van der Waals surface area contributed by atoms with E-state index < -0.39 is 26.5 Å². The zero-order valence-corrected chi connectivity index (χ0v) is 17.3. The fourth-order valence-electron chi connectivity index (χ4n) is 0. The van der Waals surface area contributed by atoms with Gasteiger partial charge in [0.1, 0.15) is 0 Å². The van der Waals surface area contributed by atoms with Crippen LogP contribution in [0.25, 0.3) is 16.2 Å². The summed E-state index contributed by atoms with van der Waals surface area (Å²) in [6.45, 7) is 4.14. The molecule has 0 aromatic heterocycles. The molecule has 0 aliphatic carbocycles. The Kier molecular flexibility index (Phi) is 97.8. The fourth-order valence-corrected chi connectivity index (χ4v) is 0. The molecule has 0 spiro atoms. The van der Waals surface area contributed by atoms with Gasteiger partial charge in [-0.1, -0.05) is 0 Å². The van der Waals surface area contributed by atoms with Gasteiger partial charge in [-0.3, -0.25) is 0 Å². The third-order valence-corrected chi connectivity index (χ3v) is 0. The minimum absolute atomic E-state index is 0.